The third kappa shape index (κ3) is 7.28. The van der Waals surface area contributed by atoms with Gasteiger partial charge in [-0.25, -0.2) is 0 Å². The molecule has 2 aliphatic rings. The molecule has 2 aliphatic heterocycles. The number of likely N-dealkylation sites (tertiary alicyclic amines) is 1. The van der Waals surface area contributed by atoms with Crippen molar-refractivity contribution in [1.29, 1.82) is 0 Å². The molecule has 7 nitrogen and oxygen atoms in total. The van der Waals surface area contributed by atoms with E-state index in [2.05, 4.69) is 43.3 Å². The molecule has 0 radical (unpaired) electrons. The van der Waals surface area contributed by atoms with Crippen molar-refractivity contribution in [2.45, 2.75) is 48.4 Å². The number of halogens is 2. The number of benzene rings is 3. The summed E-state index contributed by atoms with van der Waals surface area (Å²) in [5.41, 5.74) is 3.92. The van der Waals surface area contributed by atoms with Gasteiger partial charge in [0.05, 0.1) is 25.7 Å². The summed E-state index contributed by atoms with van der Waals surface area (Å²) in [6.45, 7) is 7.45. The number of morpholine rings is 1. The van der Waals surface area contributed by atoms with Gasteiger partial charge < -0.3 is 19.9 Å². The minimum Gasteiger partial charge on any atom is -0.379 e. The zero-order chi connectivity index (χ0) is 31.4. The van der Waals surface area contributed by atoms with Crippen LogP contribution in [0.2, 0.25) is 5.02 Å². The van der Waals surface area contributed by atoms with E-state index in [0.29, 0.717) is 18.1 Å². The van der Waals surface area contributed by atoms with Crippen LogP contribution in [-0.4, -0.2) is 70.7 Å². The molecule has 0 saturated carbocycles. The summed E-state index contributed by atoms with van der Waals surface area (Å²) < 4.78 is 5.35. The predicted molar refractivity (Wildman–Crippen MR) is 185 cm³/mol. The van der Waals surface area contributed by atoms with Gasteiger partial charge in [-0.15, -0.1) is 11.8 Å². The van der Waals surface area contributed by atoms with E-state index in [1.54, 1.807) is 0 Å². The Kier molecular flexibility index (Phi) is 10.2. The van der Waals surface area contributed by atoms with Crippen LogP contribution in [0.5, 0.6) is 0 Å². The second-order valence-corrected chi connectivity index (χ2v) is 14.6. The molecule has 4 aromatic rings. The Bertz CT molecular complexity index is 1640. The Morgan fingerprint density at radius 1 is 1.09 bits per heavy atom. The molecule has 0 spiro atoms. The molecule has 236 valence electrons. The SMILES string of the molecule is Cc1ccc(SC2(C(=O)NCCCCN3CCOCC3)CC(=O)N(Cc3ccc(Br)cc3)[C@H]2c2c[nH]c3cc(Cl)ccc23)cc1. The van der Waals surface area contributed by atoms with Crippen molar-refractivity contribution in [2.24, 2.45) is 0 Å². The van der Waals surface area contributed by atoms with Gasteiger partial charge in [-0.2, -0.15) is 0 Å². The van der Waals surface area contributed by atoms with Gasteiger partial charge in [-0.3, -0.25) is 14.5 Å². The molecule has 2 atom stereocenters. The Labute approximate surface area is 282 Å². The van der Waals surface area contributed by atoms with Crippen molar-refractivity contribution in [2.75, 3.05) is 39.4 Å². The fraction of sp³-hybridized carbons (Fsp3) is 0.371. The second kappa shape index (κ2) is 14.3. The number of carbonyl (C=O) groups is 2. The maximum atomic E-state index is 14.6. The highest BCUT2D eigenvalue weighted by Gasteiger charge is 2.58. The zero-order valence-electron chi connectivity index (χ0n) is 25.4. The molecular weight excluding hydrogens is 672 g/mol. The van der Waals surface area contributed by atoms with Crippen molar-refractivity contribution >= 4 is 62.0 Å². The average molecular weight is 710 g/mol. The van der Waals surface area contributed by atoms with Crippen LogP contribution in [0.3, 0.4) is 0 Å². The number of aryl methyl sites for hydroxylation is 1. The lowest BCUT2D eigenvalue weighted by Gasteiger charge is -2.36. The molecule has 2 fully saturated rings. The maximum Gasteiger partial charge on any atom is 0.239 e. The van der Waals surface area contributed by atoms with Crippen LogP contribution >= 0.6 is 39.3 Å². The number of aromatic nitrogens is 1. The Morgan fingerprint density at radius 3 is 2.60 bits per heavy atom. The molecule has 6 rings (SSSR count). The van der Waals surface area contributed by atoms with Crippen LogP contribution in [0, 0.1) is 6.92 Å². The maximum absolute atomic E-state index is 14.6. The fourth-order valence-corrected chi connectivity index (χ4v) is 8.20. The number of rotatable bonds is 11. The number of aromatic amines is 1. The number of H-pyrrole nitrogens is 1. The molecule has 45 heavy (non-hydrogen) atoms. The number of hydrogen-bond donors (Lipinski definition) is 2. The minimum absolute atomic E-state index is 0.0479. The number of nitrogens with one attached hydrogen (secondary N) is 2. The van der Waals surface area contributed by atoms with Gasteiger partial charge in [0.15, 0.2) is 0 Å². The first-order valence-electron chi connectivity index (χ1n) is 15.5. The van der Waals surface area contributed by atoms with Crippen molar-refractivity contribution < 1.29 is 14.3 Å². The summed E-state index contributed by atoms with van der Waals surface area (Å²) in [6.07, 6.45) is 3.88. The van der Waals surface area contributed by atoms with Crippen LogP contribution in [0.15, 0.2) is 82.3 Å². The standard InChI is InChI=1S/C35H38BrClN4O3S/c1-24-4-11-28(12-5-24)45-35(34(43)38-14-2-3-15-40-16-18-44-19-17-40)21-32(42)41(23-25-6-8-26(36)9-7-25)33(35)30-22-39-31-20-27(37)10-13-29(30)31/h4-13,20,22,33,39H,2-3,14-19,21,23H2,1H3,(H,38,43)/t33-,35?/m0/s1. The third-order valence-corrected chi connectivity index (χ3v) is 10.9. The molecule has 0 bridgehead atoms. The summed E-state index contributed by atoms with van der Waals surface area (Å²) in [4.78, 5) is 37.4. The molecular formula is C35H38BrClN4O3S. The highest BCUT2D eigenvalue weighted by atomic mass is 79.9. The lowest BCUT2D eigenvalue weighted by Crippen LogP contribution is -2.48. The van der Waals surface area contributed by atoms with Crippen molar-refractivity contribution in [3.05, 3.63) is 99.1 Å². The van der Waals surface area contributed by atoms with Crippen molar-refractivity contribution in [3.8, 4) is 0 Å². The zero-order valence-corrected chi connectivity index (χ0v) is 28.5. The van der Waals surface area contributed by atoms with Crippen LogP contribution in [0.4, 0.5) is 0 Å². The molecule has 2 saturated heterocycles. The molecule has 1 aromatic heterocycles. The summed E-state index contributed by atoms with van der Waals surface area (Å²) in [6, 6.07) is 21.4. The van der Waals surface area contributed by atoms with E-state index in [1.165, 1.54) is 11.8 Å². The van der Waals surface area contributed by atoms with E-state index < -0.39 is 10.8 Å². The molecule has 10 heteroatoms. The number of ether oxygens (including phenoxy) is 1. The number of fused-ring (bicyclic) bond motifs is 1. The highest BCUT2D eigenvalue weighted by molar-refractivity contribution is 9.10. The lowest BCUT2D eigenvalue weighted by molar-refractivity contribution is -0.129. The van der Waals surface area contributed by atoms with Gasteiger partial charge >= 0.3 is 0 Å². The van der Waals surface area contributed by atoms with E-state index in [1.807, 2.05) is 72.6 Å². The minimum atomic E-state index is -1.10. The topological polar surface area (TPSA) is 77.7 Å². The summed E-state index contributed by atoms with van der Waals surface area (Å²) >= 11 is 11.4. The Balaban J connectivity index is 1.35. The normalized spacial score (nSPS) is 20.6. The van der Waals surface area contributed by atoms with E-state index >= 15 is 0 Å². The predicted octanol–water partition coefficient (Wildman–Crippen LogP) is 7.13. The summed E-state index contributed by atoms with van der Waals surface area (Å²) in [7, 11) is 0. The van der Waals surface area contributed by atoms with E-state index in [4.69, 9.17) is 16.3 Å². The Morgan fingerprint density at radius 2 is 1.84 bits per heavy atom. The summed E-state index contributed by atoms with van der Waals surface area (Å²) in [5.74, 6) is -0.160. The van der Waals surface area contributed by atoms with Crippen molar-refractivity contribution in [3.63, 3.8) is 0 Å². The number of hydrogen-bond acceptors (Lipinski definition) is 5. The molecule has 2 amide bonds. The number of nitrogens with zero attached hydrogens (tertiary/aromatic N) is 2. The number of carbonyl (C=O) groups excluding carboxylic acids is 2. The summed E-state index contributed by atoms with van der Waals surface area (Å²) in [5, 5.41) is 4.85. The van der Waals surface area contributed by atoms with E-state index in [9.17, 15) is 9.59 Å². The first-order chi connectivity index (χ1) is 21.8. The first-order valence-corrected chi connectivity index (χ1v) is 17.5. The van der Waals surface area contributed by atoms with Crippen LogP contribution < -0.4 is 5.32 Å². The van der Waals surface area contributed by atoms with E-state index in [0.717, 1.165) is 82.7 Å². The highest BCUT2D eigenvalue weighted by Crippen LogP contribution is 2.54. The quantitative estimate of drug-likeness (QED) is 0.162. The van der Waals surface area contributed by atoms with Gasteiger partial charge in [0.25, 0.3) is 0 Å². The average Bonchev–Trinajstić information content (AvgIpc) is 3.57. The largest absolute Gasteiger partial charge is 0.379 e. The van der Waals surface area contributed by atoms with Crippen LogP contribution in [0.1, 0.15) is 42.0 Å². The van der Waals surface area contributed by atoms with Gasteiger partial charge in [0, 0.05) is 63.2 Å². The molecule has 2 N–H and O–H groups in total. The number of amides is 2. The third-order valence-electron chi connectivity index (χ3n) is 8.72. The Hall–Kier alpha value is -2.82. The van der Waals surface area contributed by atoms with Crippen molar-refractivity contribution in [1.82, 2.24) is 20.1 Å². The molecule has 1 unspecified atom stereocenters. The molecule has 3 heterocycles. The van der Waals surface area contributed by atoms with Gasteiger partial charge in [0.2, 0.25) is 11.8 Å². The van der Waals surface area contributed by atoms with Crippen LogP contribution in [0.25, 0.3) is 10.9 Å². The number of unbranched alkanes of at least 4 members (excludes halogenated alkanes) is 1. The van der Waals surface area contributed by atoms with Gasteiger partial charge in [-0.05, 0) is 68.3 Å². The van der Waals surface area contributed by atoms with E-state index in [-0.39, 0.29) is 18.2 Å². The monoisotopic (exact) mass is 708 g/mol. The van der Waals surface area contributed by atoms with Crippen LogP contribution in [-0.2, 0) is 20.9 Å². The smallest absolute Gasteiger partial charge is 0.239 e. The molecule has 0 aliphatic carbocycles. The van der Waals surface area contributed by atoms with Gasteiger partial charge in [0.1, 0.15) is 4.75 Å². The lowest BCUT2D eigenvalue weighted by atomic mass is 9.91. The fourth-order valence-electron chi connectivity index (χ4n) is 6.35. The first kappa shape index (κ1) is 32.1. The number of thioether (sulfide) groups is 1. The van der Waals surface area contributed by atoms with Gasteiger partial charge in [-0.1, -0.05) is 63.4 Å². The second-order valence-electron chi connectivity index (χ2n) is 11.9. The molecule has 3 aromatic carbocycles.